The van der Waals surface area contributed by atoms with Crippen molar-refractivity contribution in [3.63, 3.8) is 0 Å². The highest BCUT2D eigenvalue weighted by Crippen LogP contribution is 2.17. The van der Waals surface area contributed by atoms with Crippen LogP contribution in [-0.2, 0) is 11.8 Å². The maximum absolute atomic E-state index is 10.3. The molecule has 0 N–H and O–H groups in total. The van der Waals surface area contributed by atoms with Crippen molar-refractivity contribution in [1.82, 2.24) is 4.57 Å². The van der Waals surface area contributed by atoms with Gasteiger partial charge in [0.2, 0.25) is 0 Å². The molecule has 0 saturated heterocycles. The first-order valence-corrected chi connectivity index (χ1v) is 3.24. The zero-order chi connectivity index (χ0) is 7.84. The normalized spacial score (nSPS) is 10.6. The van der Waals surface area contributed by atoms with Gasteiger partial charge in [0.25, 0.3) is 6.29 Å². The Morgan fingerprint density at radius 1 is 1.64 bits per heavy atom. The Balaban J connectivity index is 2.86. The first-order valence-electron chi connectivity index (χ1n) is 3.24. The zero-order valence-corrected chi connectivity index (χ0v) is 6.00. The average Bonchev–Trinajstić information content (AvgIpc) is 2.53. The molecule has 2 aromatic rings. The van der Waals surface area contributed by atoms with Crippen LogP contribution in [0.5, 0.6) is 0 Å². The van der Waals surface area contributed by atoms with Crippen molar-refractivity contribution in [3.05, 3.63) is 24.1 Å². The molecule has 0 aliphatic heterocycles. The average molecular weight is 148 g/mol. The van der Waals surface area contributed by atoms with Crippen molar-refractivity contribution < 1.29 is 9.21 Å². The van der Waals surface area contributed by atoms with E-state index in [0.29, 0.717) is 5.69 Å². The lowest BCUT2D eigenvalue weighted by atomic mass is 10.4. The Bertz CT molecular complexity index is 397. The summed E-state index contributed by atoms with van der Waals surface area (Å²) in [5, 5.41) is 0. The Morgan fingerprint density at radius 3 is 3.09 bits per heavy atom. The third kappa shape index (κ3) is 0.707. The molecule has 0 atom stereocenters. The van der Waals surface area contributed by atoms with E-state index in [0.717, 1.165) is 11.1 Å². The standard InChI is InChI=1S/C8H6NO2/c1-9-6(5-10)4-8-7(9)2-3-11-8/h2-4H,1H3. The van der Waals surface area contributed by atoms with Crippen LogP contribution >= 0.6 is 0 Å². The van der Waals surface area contributed by atoms with Crippen LogP contribution < -0.4 is 0 Å². The number of furan rings is 1. The molecule has 1 radical (unpaired) electrons. The third-order valence-electron chi connectivity index (χ3n) is 1.77. The molecule has 0 aromatic carbocycles. The molecular weight excluding hydrogens is 142 g/mol. The van der Waals surface area contributed by atoms with E-state index in [1.807, 2.05) is 12.4 Å². The Kier molecular flexibility index (Phi) is 1.12. The van der Waals surface area contributed by atoms with Crippen molar-refractivity contribution >= 4 is 17.4 Å². The second-order valence-electron chi connectivity index (χ2n) is 2.36. The molecule has 2 aromatic heterocycles. The first kappa shape index (κ1) is 6.22. The van der Waals surface area contributed by atoms with Gasteiger partial charge in [-0.1, -0.05) is 0 Å². The molecule has 0 saturated carbocycles. The fraction of sp³-hybridized carbons (Fsp3) is 0.125. The van der Waals surface area contributed by atoms with E-state index in [1.165, 1.54) is 0 Å². The monoisotopic (exact) mass is 148 g/mol. The van der Waals surface area contributed by atoms with Crippen LogP contribution in [0.2, 0.25) is 0 Å². The molecule has 0 aliphatic rings. The largest absolute Gasteiger partial charge is 0.463 e. The molecular formula is C8H6NO2. The van der Waals surface area contributed by atoms with Crippen molar-refractivity contribution in [3.8, 4) is 0 Å². The van der Waals surface area contributed by atoms with E-state index in [1.54, 1.807) is 23.9 Å². The van der Waals surface area contributed by atoms with Crippen LogP contribution in [0.1, 0.15) is 5.69 Å². The van der Waals surface area contributed by atoms with Gasteiger partial charge in [-0.05, 0) is 0 Å². The highest BCUT2D eigenvalue weighted by atomic mass is 16.3. The third-order valence-corrected chi connectivity index (χ3v) is 1.77. The minimum atomic E-state index is 0.513. The van der Waals surface area contributed by atoms with Crippen LogP contribution in [0.4, 0.5) is 0 Å². The molecule has 0 amide bonds. The van der Waals surface area contributed by atoms with Gasteiger partial charge in [0.15, 0.2) is 5.58 Å². The lowest BCUT2D eigenvalue weighted by Gasteiger charge is -1.91. The van der Waals surface area contributed by atoms with Crippen LogP contribution in [0.3, 0.4) is 0 Å². The van der Waals surface area contributed by atoms with E-state index < -0.39 is 0 Å². The van der Waals surface area contributed by atoms with E-state index in [9.17, 15) is 4.79 Å². The summed E-state index contributed by atoms with van der Waals surface area (Å²) in [5.41, 5.74) is 2.16. The van der Waals surface area contributed by atoms with E-state index in [-0.39, 0.29) is 0 Å². The first-order chi connectivity index (χ1) is 5.33. The zero-order valence-electron chi connectivity index (χ0n) is 6.00. The molecule has 0 unspecified atom stereocenters. The summed E-state index contributed by atoms with van der Waals surface area (Å²) in [4.78, 5) is 10.3. The molecule has 11 heavy (non-hydrogen) atoms. The molecule has 0 aliphatic carbocycles. The molecule has 0 fully saturated rings. The summed E-state index contributed by atoms with van der Waals surface area (Å²) in [5.74, 6) is 0. The number of hydrogen-bond donors (Lipinski definition) is 0. The Hall–Kier alpha value is -1.51. The minimum Gasteiger partial charge on any atom is -0.463 e. The summed E-state index contributed by atoms with van der Waals surface area (Å²) >= 11 is 0. The topological polar surface area (TPSA) is 35.1 Å². The fourth-order valence-corrected chi connectivity index (χ4v) is 1.15. The summed E-state index contributed by atoms with van der Waals surface area (Å²) in [7, 11) is 1.80. The molecule has 2 heterocycles. The molecule has 2 rings (SSSR count). The number of rotatable bonds is 1. The van der Waals surface area contributed by atoms with Crippen LogP contribution in [0, 0.1) is 0 Å². The molecule has 55 valence electrons. The quantitative estimate of drug-likeness (QED) is 0.609. The molecule has 0 bridgehead atoms. The maximum Gasteiger partial charge on any atom is 0.251 e. The summed E-state index contributed by atoms with van der Waals surface area (Å²) in [6, 6.07) is 3.48. The predicted molar refractivity (Wildman–Crippen MR) is 40.0 cm³/mol. The van der Waals surface area contributed by atoms with Gasteiger partial charge >= 0.3 is 0 Å². The van der Waals surface area contributed by atoms with Gasteiger partial charge in [0.1, 0.15) is 0 Å². The van der Waals surface area contributed by atoms with Gasteiger partial charge in [-0.25, -0.2) is 0 Å². The van der Waals surface area contributed by atoms with Gasteiger partial charge in [-0.2, -0.15) is 0 Å². The number of aryl methyl sites for hydroxylation is 1. The van der Waals surface area contributed by atoms with Crippen LogP contribution in [0.15, 0.2) is 22.8 Å². The van der Waals surface area contributed by atoms with Crippen molar-refractivity contribution in [2.24, 2.45) is 7.05 Å². The summed E-state index contributed by atoms with van der Waals surface area (Å²) in [6.45, 7) is 0. The number of hydrogen-bond acceptors (Lipinski definition) is 2. The van der Waals surface area contributed by atoms with E-state index in [2.05, 4.69) is 0 Å². The number of aromatic nitrogens is 1. The predicted octanol–water partition coefficient (Wildman–Crippen LogP) is 1.23. The van der Waals surface area contributed by atoms with Gasteiger partial charge in [-0.3, -0.25) is 4.79 Å². The van der Waals surface area contributed by atoms with Gasteiger partial charge in [0, 0.05) is 19.2 Å². The number of fused-ring (bicyclic) bond motifs is 1. The number of nitrogens with zero attached hydrogens (tertiary/aromatic N) is 1. The summed E-state index contributed by atoms with van der Waals surface area (Å²) in [6.07, 6.45) is 3.42. The van der Waals surface area contributed by atoms with E-state index in [4.69, 9.17) is 4.42 Å². The second-order valence-corrected chi connectivity index (χ2v) is 2.36. The smallest absolute Gasteiger partial charge is 0.251 e. The van der Waals surface area contributed by atoms with E-state index >= 15 is 0 Å². The van der Waals surface area contributed by atoms with Gasteiger partial charge in [0.05, 0.1) is 17.5 Å². The van der Waals surface area contributed by atoms with Crippen molar-refractivity contribution in [2.45, 2.75) is 0 Å². The maximum atomic E-state index is 10.3. The highest BCUT2D eigenvalue weighted by Gasteiger charge is 2.06. The fourth-order valence-electron chi connectivity index (χ4n) is 1.15. The Labute approximate surface area is 63.2 Å². The van der Waals surface area contributed by atoms with Gasteiger partial charge in [-0.15, -0.1) is 0 Å². The number of carbonyl (C=O) groups excluding carboxylic acids is 1. The van der Waals surface area contributed by atoms with Crippen LogP contribution in [-0.4, -0.2) is 10.9 Å². The van der Waals surface area contributed by atoms with Crippen molar-refractivity contribution in [2.75, 3.05) is 0 Å². The molecule has 3 nitrogen and oxygen atoms in total. The summed E-state index contributed by atoms with van der Waals surface area (Å²) < 4.78 is 6.82. The SMILES string of the molecule is Cn1c([C]=O)cc2occc21. The molecule has 0 spiro atoms. The Morgan fingerprint density at radius 2 is 2.45 bits per heavy atom. The molecule has 3 heteroatoms. The minimum absolute atomic E-state index is 0.513. The lowest BCUT2D eigenvalue weighted by Crippen LogP contribution is -1.92. The van der Waals surface area contributed by atoms with Crippen molar-refractivity contribution in [1.29, 1.82) is 0 Å². The second kappa shape index (κ2) is 1.99. The van der Waals surface area contributed by atoms with Crippen LogP contribution in [0.25, 0.3) is 11.1 Å². The van der Waals surface area contributed by atoms with Gasteiger partial charge < -0.3 is 8.98 Å². The lowest BCUT2D eigenvalue weighted by molar-refractivity contribution is 0.560. The highest BCUT2D eigenvalue weighted by molar-refractivity contribution is 5.85.